The minimum absolute atomic E-state index is 0.0667. The van der Waals surface area contributed by atoms with Gasteiger partial charge in [0.1, 0.15) is 0 Å². The molecule has 0 aliphatic carbocycles. The van der Waals surface area contributed by atoms with Crippen molar-refractivity contribution in [2.24, 2.45) is 11.7 Å². The molecule has 27 heavy (non-hydrogen) atoms. The number of carbonyl (C=O) groups is 1. The molecule has 1 heterocycles. The van der Waals surface area contributed by atoms with Crippen molar-refractivity contribution in [1.29, 1.82) is 0 Å². The molecule has 1 amide bonds. The van der Waals surface area contributed by atoms with Crippen LogP contribution in [0, 0.1) is 5.92 Å². The quantitative estimate of drug-likeness (QED) is 0.593. The van der Waals surface area contributed by atoms with E-state index in [4.69, 9.17) is 5.73 Å². The standard InChI is InChI=1S/C18H28BrN3O4S/c1-12(2)10-15(20)18(24)21-16-4-3-9-22(11-17(16)23)27(25,26)14-7-5-13(19)6-8-14/h5-8,12,15-17,23H,3-4,9-11,20H2,1-2H3,(H,21,24)/t15-,16?,17?/m0/s1. The second kappa shape index (κ2) is 9.47. The molecule has 1 aromatic carbocycles. The van der Waals surface area contributed by atoms with E-state index in [0.717, 1.165) is 4.47 Å². The highest BCUT2D eigenvalue weighted by molar-refractivity contribution is 9.10. The van der Waals surface area contributed by atoms with Crippen molar-refractivity contribution in [3.8, 4) is 0 Å². The van der Waals surface area contributed by atoms with Crippen LogP contribution >= 0.6 is 15.9 Å². The van der Waals surface area contributed by atoms with E-state index in [2.05, 4.69) is 21.2 Å². The maximum absolute atomic E-state index is 12.8. The molecule has 1 saturated heterocycles. The Morgan fingerprint density at radius 1 is 1.37 bits per heavy atom. The lowest BCUT2D eigenvalue weighted by atomic mass is 10.0. The molecular formula is C18H28BrN3O4S. The molecule has 0 bridgehead atoms. The van der Waals surface area contributed by atoms with E-state index in [1.807, 2.05) is 13.8 Å². The Labute approximate surface area is 169 Å². The van der Waals surface area contributed by atoms with E-state index in [9.17, 15) is 18.3 Å². The molecule has 2 unspecified atom stereocenters. The predicted molar refractivity (Wildman–Crippen MR) is 108 cm³/mol. The average molecular weight is 462 g/mol. The van der Waals surface area contributed by atoms with Gasteiger partial charge in [0.2, 0.25) is 15.9 Å². The number of nitrogens with one attached hydrogen (secondary N) is 1. The van der Waals surface area contributed by atoms with Crippen LogP contribution in [0.15, 0.2) is 33.6 Å². The van der Waals surface area contributed by atoms with Crippen molar-refractivity contribution in [3.05, 3.63) is 28.7 Å². The summed E-state index contributed by atoms with van der Waals surface area (Å²) >= 11 is 3.29. The Morgan fingerprint density at radius 2 is 2.00 bits per heavy atom. The summed E-state index contributed by atoms with van der Waals surface area (Å²) in [5, 5.41) is 13.3. The van der Waals surface area contributed by atoms with Crippen molar-refractivity contribution in [1.82, 2.24) is 9.62 Å². The van der Waals surface area contributed by atoms with Gasteiger partial charge in [0.25, 0.3) is 0 Å². The van der Waals surface area contributed by atoms with Crippen LogP contribution in [-0.2, 0) is 14.8 Å². The van der Waals surface area contributed by atoms with E-state index >= 15 is 0 Å². The van der Waals surface area contributed by atoms with Crippen LogP contribution in [0.25, 0.3) is 0 Å². The first-order valence-corrected chi connectivity index (χ1v) is 11.3. The van der Waals surface area contributed by atoms with E-state index < -0.39 is 28.2 Å². The van der Waals surface area contributed by atoms with Gasteiger partial charge in [-0.1, -0.05) is 29.8 Å². The van der Waals surface area contributed by atoms with Crippen LogP contribution in [0.5, 0.6) is 0 Å². The van der Waals surface area contributed by atoms with E-state index in [1.165, 1.54) is 16.4 Å². The largest absolute Gasteiger partial charge is 0.390 e. The number of aliphatic hydroxyl groups excluding tert-OH is 1. The highest BCUT2D eigenvalue weighted by atomic mass is 79.9. The first kappa shape index (κ1) is 22.3. The molecule has 3 atom stereocenters. The number of rotatable bonds is 6. The monoisotopic (exact) mass is 461 g/mol. The number of nitrogens with zero attached hydrogens (tertiary/aromatic N) is 1. The summed E-state index contributed by atoms with van der Waals surface area (Å²) in [7, 11) is -3.70. The highest BCUT2D eigenvalue weighted by Gasteiger charge is 2.33. The Hall–Kier alpha value is -1.00. The minimum Gasteiger partial charge on any atom is -0.390 e. The Kier molecular flexibility index (Phi) is 7.82. The topological polar surface area (TPSA) is 113 Å². The molecule has 0 aromatic heterocycles. The fourth-order valence-corrected chi connectivity index (χ4v) is 4.92. The predicted octanol–water partition coefficient (Wildman–Crippen LogP) is 1.45. The lowest BCUT2D eigenvalue weighted by Gasteiger charge is -2.26. The number of nitrogens with two attached hydrogens (primary N) is 1. The molecule has 1 aliphatic rings. The number of benzene rings is 1. The molecule has 1 aromatic rings. The summed E-state index contributed by atoms with van der Waals surface area (Å²) in [4.78, 5) is 12.4. The number of sulfonamides is 1. The third kappa shape index (κ3) is 5.99. The number of carbonyl (C=O) groups excluding carboxylic acids is 1. The van der Waals surface area contributed by atoms with Crippen LogP contribution in [0.1, 0.15) is 33.1 Å². The van der Waals surface area contributed by atoms with Crippen LogP contribution in [0.3, 0.4) is 0 Å². The van der Waals surface area contributed by atoms with Gasteiger partial charge in [0.15, 0.2) is 0 Å². The van der Waals surface area contributed by atoms with Gasteiger partial charge in [-0.25, -0.2) is 8.42 Å². The van der Waals surface area contributed by atoms with E-state index in [-0.39, 0.29) is 23.3 Å². The Balaban J connectivity index is 2.06. The average Bonchev–Trinajstić information content (AvgIpc) is 2.77. The lowest BCUT2D eigenvalue weighted by molar-refractivity contribution is -0.124. The number of β-amino-alcohol motifs (C(OH)–C–C–N with tert-alkyl or cyclic N) is 1. The van der Waals surface area contributed by atoms with Gasteiger partial charge in [-0.05, 0) is 49.4 Å². The van der Waals surface area contributed by atoms with E-state index in [0.29, 0.717) is 25.8 Å². The maximum atomic E-state index is 12.8. The zero-order valence-corrected chi connectivity index (χ0v) is 18.0. The molecule has 7 nitrogen and oxygen atoms in total. The summed E-state index contributed by atoms with van der Waals surface area (Å²) in [6.45, 7) is 4.19. The highest BCUT2D eigenvalue weighted by Crippen LogP contribution is 2.22. The molecule has 4 N–H and O–H groups in total. The minimum atomic E-state index is -3.70. The second-order valence-corrected chi connectivity index (χ2v) is 10.2. The zero-order chi connectivity index (χ0) is 20.2. The third-order valence-corrected chi connectivity index (χ3v) is 7.03. The van der Waals surface area contributed by atoms with Crippen molar-refractivity contribution < 1.29 is 18.3 Å². The molecule has 152 valence electrons. The van der Waals surface area contributed by atoms with Crippen LogP contribution in [0.2, 0.25) is 0 Å². The van der Waals surface area contributed by atoms with Crippen LogP contribution in [0.4, 0.5) is 0 Å². The third-order valence-electron chi connectivity index (χ3n) is 4.62. The first-order valence-electron chi connectivity index (χ1n) is 9.11. The van der Waals surface area contributed by atoms with Gasteiger partial charge in [-0.3, -0.25) is 4.79 Å². The maximum Gasteiger partial charge on any atom is 0.243 e. The molecule has 1 fully saturated rings. The number of aliphatic hydroxyl groups is 1. The van der Waals surface area contributed by atoms with Crippen LogP contribution < -0.4 is 11.1 Å². The first-order chi connectivity index (χ1) is 12.6. The fraction of sp³-hybridized carbons (Fsp3) is 0.611. The van der Waals surface area contributed by atoms with Gasteiger partial charge >= 0.3 is 0 Å². The molecule has 1 aliphatic heterocycles. The molecule has 0 spiro atoms. The Bertz CT molecular complexity index is 739. The van der Waals surface area contributed by atoms with Crippen molar-refractivity contribution in [2.45, 2.75) is 56.2 Å². The summed E-state index contributed by atoms with van der Waals surface area (Å²) in [6, 6.07) is 5.24. The van der Waals surface area contributed by atoms with Crippen molar-refractivity contribution in [3.63, 3.8) is 0 Å². The van der Waals surface area contributed by atoms with Crippen molar-refractivity contribution >= 4 is 31.9 Å². The normalized spacial score (nSPS) is 23.0. The van der Waals surface area contributed by atoms with Crippen LogP contribution in [-0.4, -0.2) is 55.0 Å². The van der Waals surface area contributed by atoms with Gasteiger partial charge in [-0.2, -0.15) is 4.31 Å². The number of hydrogen-bond donors (Lipinski definition) is 3. The lowest BCUT2D eigenvalue weighted by Crippen LogP contribution is -2.51. The molecule has 0 saturated carbocycles. The van der Waals surface area contributed by atoms with Gasteiger partial charge < -0.3 is 16.2 Å². The summed E-state index contributed by atoms with van der Waals surface area (Å²) in [6.07, 6.45) is 0.594. The van der Waals surface area contributed by atoms with Gasteiger partial charge in [-0.15, -0.1) is 0 Å². The smallest absolute Gasteiger partial charge is 0.243 e. The zero-order valence-electron chi connectivity index (χ0n) is 15.6. The van der Waals surface area contributed by atoms with Gasteiger partial charge in [0.05, 0.1) is 23.1 Å². The van der Waals surface area contributed by atoms with Crippen molar-refractivity contribution in [2.75, 3.05) is 13.1 Å². The molecule has 9 heteroatoms. The SMILES string of the molecule is CC(C)C[C@H](N)C(=O)NC1CCCN(S(=O)(=O)c2ccc(Br)cc2)CC1O. The van der Waals surface area contributed by atoms with Gasteiger partial charge in [0, 0.05) is 17.6 Å². The summed E-state index contributed by atoms with van der Waals surface area (Å²) in [5.41, 5.74) is 5.90. The second-order valence-electron chi connectivity index (χ2n) is 7.38. The summed E-state index contributed by atoms with van der Waals surface area (Å²) in [5.74, 6) is -0.0201. The fourth-order valence-electron chi connectivity index (χ4n) is 3.15. The van der Waals surface area contributed by atoms with E-state index in [1.54, 1.807) is 12.1 Å². The molecular weight excluding hydrogens is 434 g/mol. The number of halogens is 1. The Morgan fingerprint density at radius 3 is 2.59 bits per heavy atom. The molecule has 2 rings (SSSR count). The summed E-state index contributed by atoms with van der Waals surface area (Å²) < 4.78 is 27.8. The number of amides is 1. The molecule has 0 radical (unpaired) electrons. The number of hydrogen-bond acceptors (Lipinski definition) is 5.